The predicted molar refractivity (Wildman–Crippen MR) is 123 cm³/mol. The topological polar surface area (TPSA) is 108 Å². The zero-order chi connectivity index (χ0) is 23.5. The number of likely N-dealkylation sites (N-methyl/N-ethyl adjacent to an activating group) is 1. The summed E-state index contributed by atoms with van der Waals surface area (Å²) in [6.45, 7) is 0.744. The first-order valence-corrected chi connectivity index (χ1v) is 11.1. The lowest BCUT2D eigenvalue weighted by Gasteiger charge is -2.22. The van der Waals surface area contributed by atoms with Crippen molar-refractivity contribution in [2.75, 3.05) is 33.8 Å². The largest absolute Gasteiger partial charge is 0.481 e. The van der Waals surface area contributed by atoms with Crippen LogP contribution >= 0.6 is 0 Å². The average molecular weight is 452 g/mol. The van der Waals surface area contributed by atoms with Crippen LogP contribution in [0.2, 0.25) is 0 Å². The molecule has 1 fully saturated rings. The molecule has 2 aromatic carbocycles. The van der Waals surface area contributed by atoms with E-state index in [0.717, 1.165) is 22.3 Å². The Morgan fingerprint density at radius 1 is 1.06 bits per heavy atom. The summed E-state index contributed by atoms with van der Waals surface area (Å²) < 4.78 is 5.56. The Labute approximate surface area is 192 Å². The number of nitrogens with zero attached hydrogens (tertiary/aromatic N) is 1. The first-order chi connectivity index (χ1) is 15.8. The molecule has 8 nitrogen and oxygen atoms in total. The van der Waals surface area contributed by atoms with Crippen molar-refractivity contribution in [2.24, 2.45) is 11.8 Å². The molecule has 2 amide bonds. The maximum atomic E-state index is 12.7. The van der Waals surface area contributed by atoms with Crippen molar-refractivity contribution in [3.05, 3.63) is 59.7 Å². The Hall–Kier alpha value is -3.39. The van der Waals surface area contributed by atoms with Crippen LogP contribution in [-0.4, -0.2) is 67.8 Å². The van der Waals surface area contributed by atoms with Gasteiger partial charge in [-0.2, -0.15) is 0 Å². The maximum absolute atomic E-state index is 12.7. The SMILES string of the molecule is CN(C)CC(NC(=O)OCC1c2ccccc2-c2ccccc21)C(=O)NCC1CC1C(=O)O. The van der Waals surface area contributed by atoms with Gasteiger partial charge >= 0.3 is 12.1 Å². The molecule has 33 heavy (non-hydrogen) atoms. The van der Waals surface area contributed by atoms with Crippen LogP contribution in [0.4, 0.5) is 4.79 Å². The number of hydrogen-bond donors (Lipinski definition) is 3. The Morgan fingerprint density at radius 3 is 2.21 bits per heavy atom. The smallest absolute Gasteiger partial charge is 0.407 e. The minimum absolute atomic E-state index is 0.0547. The highest BCUT2D eigenvalue weighted by molar-refractivity contribution is 5.86. The molecule has 2 aliphatic rings. The van der Waals surface area contributed by atoms with Crippen LogP contribution in [0.3, 0.4) is 0 Å². The van der Waals surface area contributed by atoms with E-state index in [1.54, 1.807) is 19.0 Å². The lowest BCUT2D eigenvalue weighted by Crippen LogP contribution is -2.52. The van der Waals surface area contributed by atoms with Gasteiger partial charge in [0.2, 0.25) is 5.91 Å². The number of aliphatic carboxylic acids is 1. The summed E-state index contributed by atoms with van der Waals surface area (Å²) in [7, 11) is 3.61. The molecular weight excluding hydrogens is 422 g/mol. The number of fused-ring (bicyclic) bond motifs is 3. The monoisotopic (exact) mass is 451 g/mol. The summed E-state index contributed by atoms with van der Waals surface area (Å²) in [5, 5.41) is 14.4. The third kappa shape index (κ3) is 5.17. The van der Waals surface area contributed by atoms with Crippen LogP contribution < -0.4 is 10.6 Å². The lowest BCUT2D eigenvalue weighted by molar-refractivity contribution is -0.139. The van der Waals surface area contributed by atoms with Gasteiger partial charge in [-0.3, -0.25) is 9.59 Å². The summed E-state index contributed by atoms with van der Waals surface area (Å²) in [5.74, 6) is -1.70. The quantitative estimate of drug-likeness (QED) is 0.540. The van der Waals surface area contributed by atoms with Gasteiger partial charge in [-0.1, -0.05) is 48.5 Å². The molecule has 0 heterocycles. The predicted octanol–water partition coefficient (Wildman–Crippen LogP) is 2.29. The number of alkyl carbamates (subject to hydrolysis) is 1. The van der Waals surface area contributed by atoms with Crippen LogP contribution in [0.1, 0.15) is 23.5 Å². The standard InChI is InChI=1S/C25H29N3O5/c1-28(2)13-22(23(29)26-12-15-11-20(15)24(30)31)27-25(32)33-14-21-18-9-5-3-7-16(18)17-8-4-6-10-19(17)21/h3-10,15,20-22H,11-14H2,1-2H3,(H,26,29)(H,27,32)(H,30,31). The van der Waals surface area contributed by atoms with Crippen LogP contribution in [-0.2, 0) is 14.3 Å². The summed E-state index contributed by atoms with van der Waals surface area (Å²) >= 11 is 0. The number of carboxylic acids is 1. The molecule has 0 aromatic heterocycles. The lowest BCUT2D eigenvalue weighted by atomic mass is 9.98. The van der Waals surface area contributed by atoms with Crippen molar-refractivity contribution in [3.63, 3.8) is 0 Å². The molecule has 0 spiro atoms. The fraction of sp³-hybridized carbons (Fsp3) is 0.400. The maximum Gasteiger partial charge on any atom is 0.407 e. The first kappa shape index (κ1) is 22.8. The Balaban J connectivity index is 1.35. The molecule has 3 unspecified atom stereocenters. The zero-order valence-corrected chi connectivity index (χ0v) is 18.8. The van der Waals surface area contributed by atoms with E-state index in [2.05, 4.69) is 22.8 Å². The van der Waals surface area contributed by atoms with Gasteiger partial charge in [0.15, 0.2) is 0 Å². The molecule has 3 atom stereocenters. The molecule has 0 radical (unpaired) electrons. The summed E-state index contributed by atoms with van der Waals surface area (Å²) in [6.07, 6.45) is -0.0954. The number of hydrogen-bond acceptors (Lipinski definition) is 5. The van der Waals surface area contributed by atoms with Gasteiger partial charge in [0.1, 0.15) is 12.6 Å². The van der Waals surface area contributed by atoms with Gasteiger partial charge in [-0.25, -0.2) is 4.79 Å². The van der Waals surface area contributed by atoms with E-state index in [0.29, 0.717) is 13.0 Å². The fourth-order valence-corrected chi connectivity index (χ4v) is 4.47. The van der Waals surface area contributed by atoms with Crippen LogP contribution in [0.5, 0.6) is 0 Å². The molecule has 0 bridgehead atoms. The fourth-order valence-electron chi connectivity index (χ4n) is 4.47. The molecule has 174 valence electrons. The van der Waals surface area contributed by atoms with Gasteiger partial charge in [-0.05, 0) is 48.7 Å². The normalized spacial score (nSPS) is 19.4. The second-order valence-electron chi connectivity index (χ2n) is 8.97. The van der Waals surface area contributed by atoms with E-state index in [4.69, 9.17) is 9.84 Å². The molecule has 1 saturated carbocycles. The van der Waals surface area contributed by atoms with E-state index >= 15 is 0 Å². The molecule has 0 saturated heterocycles. The van der Waals surface area contributed by atoms with Crippen molar-refractivity contribution in [1.29, 1.82) is 0 Å². The molecule has 2 aliphatic carbocycles. The minimum Gasteiger partial charge on any atom is -0.481 e. The van der Waals surface area contributed by atoms with Gasteiger partial charge in [-0.15, -0.1) is 0 Å². The molecular formula is C25H29N3O5. The van der Waals surface area contributed by atoms with Crippen LogP contribution in [0, 0.1) is 11.8 Å². The van der Waals surface area contributed by atoms with E-state index in [1.165, 1.54) is 0 Å². The number of carboxylic acid groups (broad SMARTS) is 1. The Kier molecular flexibility index (Phi) is 6.65. The average Bonchev–Trinajstić information content (AvgIpc) is 3.51. The van der Waals surface area contributed by atoms with E-state index < -0.39 is 24.0 Å². The van der Waals surface area contributed by atoms with Crippen LogP contribution in [0.25, 0.3) is 11.1 Å². The summed E-state index contributed by atoms with van der Waals surface area (Å²) in [5.41, 5.74) is 4.52. The van der Waals surface area contributed by atoms with Gasteiger partial charge in [0.25, 0.3) is 0 Å². The van der Waals surface area contributed by atoms with E-state index in [-0.39, 0.29) is 30.9 Å². The number of amides is 2. The Morgan fingerprint density at radius 2 is 1.67 bits per heavy atom. The van der Waals surface area contributed by atoms with Crippen molar-refractivity contribution in [1.82, 2.24) is 15.5 Å². The Bertz CT molecular complexity index is 1010. The highest BCUT2D eigenvalue weighted by Gasteiger charge is 2.43. The third-order valence-electron chi connectivity index (χ3n) is 6.28. The molecule has 2 aromatic rings. The number of carbonyl (C=O) groups is 3. The number of ether oxygens (including phenoxy) is 1. The van der Waals surface area contributed by atoms with Gasteiger partial charge < -0.3 is 25.4 Å². The van der Waals surface area contributed by atoms with Crippen molar-refractivity contribution >= 4 is 18.0 Å². The van der Waals surface area contributed by atoms with Crippen molar-refractivity contribution in [2.45, 2.75) is 18.4 Å². The third-order valence-corrected chi connectivity index (χ3v) is 6.28. The highest BCUT2D eigenvalue weighted by atomic mass is 16.5. The van der Waals surface area contributed by atoms with E-state index in [9.17, 15) is 14.4 Å². The molecule has 4 rings (SSSR count). The number of carbonyl (C=O) groups excluding carboxylic acids is 2. The summed E-state index contributed by atoms with van der Waals surface area (Å²) in [4.78, 5) is 38.0. The second-order valence-corrected chi connectivity index (χ2v) is 8.97. The van der Waals surface area contributed by atoms with E-state index in [1.807, 2.05) is 36.4 Å². The van der Waals surface area contributed by atoms with Gasteiger partial charge in [0.05, 0.1) is 5.92 Å². The zero-order valence-electron chi connectivity index (χ0n) is 18.8. The molecule has 0 aliphatic heterocycles. The number of benzene rings is 2. The number of rotatable bonds is 9. The number of nitrogens with one attached hydrogen (secondary N) is 2. The first-order valence-electron chi connectivity index (χ1n) is 11.1. The van der Waals surface area contributed by atoms with Crippen LogP contribution in [0.15, 0.2) is 48.5 Å². The highest BCUT2D eigenvalue weighted by Crippen LogP contribution is 2.44. The molecule has 3 N–H and O–H groups in total. The van der Waals surface area contributed by atoms with Gasteiger partial charge in [0, 0.05) is 19.0 Å². The second kappa shape index (κ2) is 9.62. The summed E-state index contributed by atoms with van der Waals surface area (Å²) in [6, 6.07) is 15.4. The van der Waals surface area contributed by atoms with Crippen molar-refractivity contribution < 1.29 is 24.2 Å². The minimum atomic E-state index is -0.837. The van der Waals surface area contributed by atoms with Crippen molar-refractivity contribution in [3.8, 4) is 11.1 Å². The molecule has 8 heteroatoms.